The lowest BCUT2D eigenvalue weighted by atomic mass is 9.96. The number of pyridine rings is 1. The number of hydrogen-bond donors (Lipinski definition) is 1. The number of amides is 1. The van der Waals surface area contributed by atoms with Crippen LogP contribution in [0.25, 0.3) is 5.76 Å². The minimum absolute atomic E-state index is 0.0305. The molecule has 140 valence electrons. The molecule has 0 saturated carbocycles. The number of nitrogens with zero attached hydrogens (tertiary/aromatic N) is 2. The lowest BCUT2D eigenvalue weighted by Crippen LogP contribution is -2.31. The van der Waals surface area contributed by atoms with Crippen LogP contribution in [0.1, 0.15) is 23.6 Å². The zero-order valence-corrected chi connectivity index (χ0v) is 14.8. The van der Waals surface area contributed by atoms with Gasteiger partial charge >= 0.3 is 0 Å². The Morgan fingerprint density at radius 2 is 2.00 bits per heavy atom. The van der Waals surface area contributed by atoms with Gasteiger partial charge in [-0.1, -0.05) is 6.07 Å². The van der Waals surface area contributed by atoms with Crippen molar-refractivity contribution >= 4 is 17.4 Å². The highest BCUT2D eigenvalue weighted by Crippen LogP contribution is 2.39. The third-order valence-corrected chi connectivity index (χ3v) is 4.41. The molecule has 2 aromatic rings. The summed E-state index contributed by atoms with van der Waals surface area (Å²) in [5, 5.41) is 10.7. The van der Waals surface area contributed by atoms with Gasteiger partial charge in [0, 0.05) is 38.2 Å². The van der Waals surface area contributed by atoms with Crippen LogP contribution in [-0.4, -0.2) is 46.9 Å². The first kappa shape index (κ1) is 18.7. The van der Waals surface area contributed by atoms with E-state index in [1.54, 1.807) is 31.6 Å². The van der Waals surface area contributed by atoms with Crippen molar-refractivity contribution in [3.8, 4) is 0 Å². The molecule has 2 heterocycles. The van der Waals surface area contributed by atoms with Gasteiger partial charge in [-0.15, -0.1) is 0 Å². The SMILES string of the molecule is COCCCN1C(=O)C(=O)/C(=C(\O)c2ccc(F)cc2)C1c1cccnc1. The molecule has 0 spiro atoms. The van der Waals surface area contributed by atoms with E-state index in [4.69, 9.17) is 4.74 Å². The van der Waals surface area contributed by atoms with E-state index in [0.717, 1.165) is 0 Å². The van der Waals surface area contributed by atoms with Gasteiger partial charge in [-0.25, -0.2) is 4.39 Å². The van der Waals surface area contributed by atoms with Gasteiger partial charge < -0.3 is 14.7 Å². The van der Waals surface area contributed by atoms with Crippen molar-refractivity contribution in [2.75, 3.05) is 20.3 Å². The summed E-state index contributed by atoms with van der Waals surface area (Å²) in [6.45, 7) is 0.721. The molecular weight excluding hydrogens is 351 g/mol. The largest absolute Gasteiger partial charge is 0.507 e. The Bertz CT molecular complexity index is 865. The number of likely N-dealkylation sites (tertiary alicyclic amines) is 1. The van der Waals surface area contributed by atoms with E-state index in [-0.39, 0.29) is 23.4 Å². The first-order valence-corrected chi connectivity index (χ1v) is 8.47. The normalized spacial score (nSPS) is 18.9. The van der Waals surface area contributed by atoms with Crippen LogP contribution in [0.15, 0.2) is 54.4 Å². The van der Waals surface area contributed by atoms with Crippen LogP contribution in [0.3, 0.4) is 0 Å². The number of aliphatic hydroxyl groups is 1. The van der Waals surface area contributed by atoms with Crippen molar-refractivity contribution in [2.45, 2.75) is 12.5 Å². The number of rotatable bonds is 6. The second-order valence-electron chi connectivity index (χ2n) is 6.13. The summed E-state index contributed by atoms with van der Waals surface area (Å²) >= 11 is 0. The molecule has 3 rings (SSSR count). The molecular formula is C20H19FN2O4. The second-order valence-corrected chi connectivity index (χ2v) is 6.13. The third-order valence-electron chi connectivity index (χ3n) is 4.41. The third kappa shape index (κ3) is 3.73. The number of aliphatic hydroxyl groups excluding tert-OH is 1. The molecule has 0 bridgehead atoms. The van der Waals surface area contributed by atoms with Crippen molar-refractivity contribution in [3.05, 3.63) is 71.3 Å². The van der Waals surface area contributed by atoms with Gasteiger partial charge in [-0.3, -0.25) is 14.6 Å². The smallest absolute Gasteiger partial charge is 0.295 e. The summed E-state index contributed by atoms with van der Waals surface area (Å²) in [5.74, 6) is -2.27. The number of carbonyl (C=O) groups excluding carboxylic acids is 2. The van der Waals surface area contributed by atoms with Crippen molar-refractivity contribution in [2.24, 2.45) is 0 Å². The van der Waals surface area contributed by atoms with Gasteiger partial charge in [0.15, 0.2) is 0 Å². The molecule has 1 aromatic carbocycles. The van der Waals surface area contributed by atoms with Crippen LogP contribution in [0.4, 0.5) is 4.39 Å². The average Bonchev–Trinajstić information content (AvgIpc) is 2.94. The minimum Gasteiger partial charge on any atom is -0.507 e. The number of carbonyl (C=O) groups is 2. The van der Waals surface area contributed by atoms with E-state index >= 15 is 0 Å². The quantitative estimate of drug-likeness (QED) is 0.366. The fourth-order valence-electron chi connectivity index (χ4n) is 3.14. The Kier molecular flexibility index (Phi) is 5.61. The number of aromatic nitrogens is 1. The molecule has 1 saturated heterocycles. The maximum atomic E-state index is 13.2. The van der Waals surface area contributed by atoms with E-state index < -0.39 is 23.5 Å². The number of halogens is 1. The van der Waals surface area contributed by atoms with Crippen LogP contribution < -0.4 is 0 Å². The second kappa shape index (κ2) is 8.09. The minimum atomic E-state index is -0.775. The number of ether oxygens (including phenoxy) is 1. The van der Waals surface area contributed by atoms with Gasteiger partial charge in [-0.2, -0.15) is 0 Å². The van der Waals surface area contributed by atoms with E-state index in [0.29, 0.717) is 18.6 Å². The van der Waals surface area contributed by atoms with Crippen molar-refractivity contribution in [1.82, 2.24) is 9.88 Å². The van der Waals surface area contributed by atoms with Crippen molar-refractivity contribution in [3.63, 3.8) is 0 Å². The van der Waals surface area contributed by atoms with Crippen molar-refractivity contribution in [1.29, 1.82) is 0 Å². The van der Waals surface area contributed by atoms with Crippen LogP contribution in [0.5, 0.6) is 0 Å². The maximum Gasteiger partial charge on any atom is 0.295 e. The summed E-state index contributed by atoms with van der Waals surface area (Å²) in [4.78, 5) is 30.7. The predicted octanol–water partition coefficient (Wildman–Crippen LogP) is 2.68. The molecule has 1 aliphatic heterocycles. The molecule has 1 atom stereocenters. The average molecular weight is 370 g/mol. The zero-order valence-electron chi connectivity index (χ0n) is 14.8. The van der Waals surface area contributed by atoms with E-state index in [2.05, 4.69) is 4.98 Å². The number of Topliss-reactive ketones (excluding diaryl/α,β-unsaturated/α-hetero) is 1. The van der Waals surface area contributed by atoms with E-state index in [1.165, 1.54) is 29.2 Å². The lowest BCUT2D eigenvalue weighted by molar-refractivity contribution is -0.140. The number of benzene rings is 1. The summed E-state index contributed by atoms with van der Waals surface area (Å²) in [5.41, 5.74) is 0.843. The zero-order chi connectivity index (χ0) is 19.4. The molecule has 7 heteroatoms. The van der Waals surface area contributed by atoms with Crippen molar-refractivity contribution < 1.29 is 23.8 Å². The molecule has 1 aromatic heterocycles. The molecule has 1 aliphatic rings. The van der Waals surface area contributed by atoms with E-state index in [9.17, 15) is 19.1 Å². The molecule has 0 aliphatic carbocycles. The van der Waals surface area contributed by atoms with Gasteiger partial charge in [0.05, 0.1) is 11.6 Å². The molecule has 0 radical (unpaired) electrons. The highest BCUT2D eigenvalue weighted by atomic mass is 19.1. The van der Waals surface area contributed by atoms with E-state index in [1.807, 2.05) is 0 Å². The monoisotopic (exact) mass is 370 g/mol. The molecule has 1 fully saturated rings. The fraction of sp³-hybridized carbons (Fsp3) is 0.250. The highest BCUT2D eigenvalue weighted by molar-refractivity contribution is 6.46. The Labute approximate surface area is 155 Å². The first-order chi connectivity index (χ1) is 13.0. The molecule has 1 unspecified atom stereocenters. The fourth-order valence-corrected chi connectivity index (χ4v) is 3.14. The van der Waals surface area contributed by atoms with Gasteiger partial charge in [0.25, 0.3) is 11.7 Å². The van der Waals surface area contributed by atoms with Gasteiger partial charge in [0.2, 0.25) is 0 Å². The highest BCUT2D eigenvalue weighted by Gasteiger charge is 2.45. The van der Waals surface area contributed by atoms with Crippen LogP contribution in [0.2, 0.25) is 0 Å². The summed E-state index contributed by atoms with van der Waals surface area (Å²) in [6.07, 6.45) is 3.68. The Hall–Kier alpha value is -3.06. The number of hydrogen-bond acceptors (Lipinski definition) is 5. The number of methoxy groups -OCH3 is 1. The standard InChI is InChI=1S/C20H19FN2O4/c1-27-11-3-10-23-17(14-4-2-9-22-12-14)16(19(25)20(23)26)18(24)13-5-7-15(21)8-6-13/h2,4-9,12,17,24H,3,10-11H2,1H3/b18-16-. The van der Waals surface area contributed by atoms with Crippen LogP contribution >= 0.6 is 0 Å². The summed E-state index contributed by atoms with van der Waals surface area (Å²) < 4.78 is 18.2. The number of ketones is 1. The lowest BCUT2D eigenvalue weighted by Gasteiger charge is -2.24. The molecule has 27 heavy (non-hydrogen) atoms. The Balaban J connectivity index is 2.09. The summed E-state index contributed by atoms with van der Waals surface area (Å²) in [6, 6.07) is 7.77. The molecule has 1 amide bonds. The predicted molar refractivity (Wildman–Crippen MR) is 96.1 cm³/mol. The topological polar surface area (TPSA) is 79.7 Å². The Morgan fingerprint density at radius 1 is 1.26 bits per heavy atom. The maximum absolute atomic E-state index is 13.2. The van der Waals surface area contributed by atoms with Gasteiger partial charge in [0.1, 0.15) is 11.6 Å². The first-order valence-electron chi connectivity index (χ1n) is 8.47. The van der Waals surface area contributed by atoms with Crippen LogP contribution in [-0.2, 0) is 14.3 Å². The molecule has 6 nitrogen and oxygen atoms in total. The molecule has 1 N–H and O–H groups in total. The van der Waals surface area contributed by atoms with Crippen LogP contribution in [0, 0.1) is 5.82 Å². The van der Waals surface area contributed by atoms with Gasteiger partial charge in [-0.05, 0) is 42.3 Å². The summed E-state index contributed by atoms with van der Waals surface area (Å²) in [7, 11) is 1.56. The Morgan fingerprint density at radius 3 is 2.63 bits per heavy atom.